The predicted octanol–water partition coefficient (Wildman–Crippen LogP) is 3.94. The molecule has 6 nitrogen and oxygen atoms in total. The quantitative estimate of drug-likeness (QED) is 0.767. The smallest absolute Gasteiger partial charge is 0.324 e. The monoisotopic (exact) mass is 421 g/mol. The van der Waals surface area contributed by atoms with Gasteiger partial charge in [0.15, 0.2) is 0 Å². The Morgan fingerprint density at radius 3 is 2.10 bits per heavy atom. The third-order valence-electron chi connectivity index (χ3n) is 6.25. The van der Waals surface area contributed by atoms with Crippen LogP contribution in [0.1, 0.15) is 37.5 Å². The molecule has 2 saturated heterocycles. The molecule has 2 aromatic carbocycles. The number of carbonyl (C=O) groups excluding carboxylic acids is 1. The van der Waals surface area contributed by atoms with E-state index in [2.05, 4.69) is 49.9 Å². The summed E-state index contributed by atoms with van der Waals surface area (Å²) < 4.78 is 0. The third kappa shape index (κ3) is 4.74. The van der Waals surface area contributed by atoms with Crippen molar-refractivity contribution in [3.05, 3.63) is 65.2 Å². The van der Waals surface area contributed by atoms with Crippen LogP contribution in [-0.2, 0) is 23.3 Å². The van der Waals surface area contributed by atoms with Gasteiger partial charge in [0.1, 0.15) is 0 Å². The van der Waals surface area contributed by atoms with E-state index in [1.807, 2.05) is 34.1 Å². The van der Waals surface area contributed by atoms with Crippen LogP contribution in [0.25, 0.3) is 0 Å². The summed E-state index contributed by atoms with van der Waals surface area (Å²) in [5.74, 6) is -0.953. The standard InChI is InChI=1S/C25H31N3O3/c1-25(2,3)21-8-4-19(5-9-21)15-27-12-13-28(24(27)31)22-10-6-18(7-11-22)14-26-16-20(17-26)23(29)30/h4-11,20H,12-17H2,1-3H3,(H,29,30). The number of aliphatic carboxylic acids is 1. The highest BCUT2D eigenvalue weighted by Gasteiger charge is 2.32. The molecular formula is C25H31N3O3. The lowest BCUT2D eigenvalue weighted by atomic mass is 9.87. The number of amides is 2. The second-order valence-electron chi connectivity index (χ2n) is 9.70. The van der Waals surface area contributed by atoms with Crippen LogP contribution in [0.15, 0.2) is 48.5 Å². The summed E-state index contributed by atoms with van der Waals surface area (Å²) in [5.41, 5.74) is 4.61. The molecular weight excluding hydrogens is 390 g/mol. The van der Waals surface area contributed by atoms with E-state index < -0.39 is 5.97 Å². The molecule has 2 aliphatic rings. The minimum Gasteiger partial charge on any atom is -0.481 e. The van der Waals surface area contributed by atoms with Crippen molar-refractivity contribution in [2.24, 2.45) is 5.92 Å². The molecule has 0 aromatic heterocycles. The molecule has 2 aromatic rings. The first-order chi connectivity index (χ1) is 14.7. The fourth-order valence-electron chi connectivity index (χ4n) is 4.19. The van der Waals surface area contributed by atoms with Crippen molar-refractivity contribution in [3.63, 3.8) is 0 Å². The summed E-state index contributed by atoms with van der Waals surface area (Å²) in [5, 5.41) is 8.99. The van der Waals surface area contributed by atoms with Crippen molar-refractivity contribution in [1.29, 1.82) is 0 Å². The van der Waals surface area contributed by atoms with Gasteiger partial charge in [-0.3, -0.25) is 14.6 Å². The number of hydrogen-bond donors (Lipinski definition) is 1. The molecule has 0 radical (unpaired) electrons. The molecule has 1 N–H and O–H groups in total. The number of carboxylic acids is 1. The minimum atomic E-state index is -0.714. The highest BCUT2D eigenvalue weighted by Crippen LogP contribution is 2.26. The third-order valence-corrected chi connectivity index (χ3v) is 6.25. The topological polar surface area (TPSA) is 64.1 Å². The highest BCUT2D eigenvalue weighted by molar-refractivity contribution is 5.94. The zero-order valence-electron chi connectivity index (χ0n) is 18.5. The Bertz CT molecular complexity index is 941. The average molecular weight is 422 g/mol. The van der Waals surface area contributed by atoms with Gasteiger partial charge >= 0.3 is 12.0 Å². The Balaban J connectivity index is 1.33. The Labute approximate surface area is 184 Å². The molecule has 2 fully saturated rings. The number of urea groups is 1. The summed E-state index contributed by atoms with van der Waals surface area (Å²) in [6.45, 7) is 10.6. The fraction of sp³-hybridized carbons (Fsp3) is 0.440. The molecule has 164 valence electrons. The second kappa shape index (κ2) is 8.35. The molecule has 2 amide bonds. The largest absolute Gasteiger partial charge is 0.481 e. The average Bonchev–Trinajstić information content (AvgIpc) is 3.04. The number of benzene rings is 2. The van der Waals surface area contributed by atoms with E-state index in [0.717, 1.165) is 23.4 Å². The maximum absolute atomic E-state index is 12.9. The lowest BCUT2D eigenvalue weighted by Gasteiger charge is -2.36. The second-order valence-corrected chi connectivity index (χ2v) is 9.70. The van der Waals surface area contributed by atoms with Crippen LogP contribution in [0, 0.1) is 5.92 Å². The van der Waals surface area contributed by atoms with Crippen molar-refractivity contribution in [3.8, 4) is 0 Å². The number of carbonyl (C=O) groups is 2. The van der Waals surface area contributed by atoms with Crippen molar-refractivity contribution in [1.82, 2.24) is 9.80 Å². The van der Waals surface area contributed by atoms with Gasteiger partial charge < -0.3 is 10.0 Å². The number of hydrogen-bond acceptors (Lipinski definition) is 3. The molecule has 0 atom stereocenters. The van der Waals surface area contributed by atoms with Crippen LogP contribution in [0.2, 0.25) is 0 Å². The van der Waals surface area contributed by atoms with Crippen LogP contribution in [0.5, 0.6) is 0 Å². The van der Waals surface area contributed by atoms with E-state index in [0.29, 0.717) is 32.7 Å². The van der Waals surface area contributed by atoms with Gasteiger partial charge in [0.2, 0.25) is 0 Å². The van der Waals surface area contributed by atoms with E-state index in [4.69, 9.17) is 5.11 Å². The molecule has 0 aliphatic carbocycles. The van der Waals surface area contributed by atoms with Gasteiger partial charge in [0.25, 0.3) is 0 Å². The van der Waals surface area contributed by atoms with Crippen LogP contribution in [-0.4, -0.2) is 53.1 Å². The van der Waals surface area contributed by atoms with Crippen molar-refractivity contribution in [2.75, 3.05) is 31.1 Å². The SMILES string of the molecule is CC(C)(C)c1ccc(CN2CCN(c3ccc(CN4CC(C(=O)O)C4)cc3)C2=O)cc1. The molecule has 0 unspecified atom stereocenters. The summed E-state index contributed by atoms with van der Waals surface area (Å²) in [6, 6.07) is 16.6. The van der Waals surface area contributed by atoms with Crippen molar-refractivity contribution >= 4 is 17.7 Å². The molecule has 2 heterocycles. The summed E-state index contributed by atoms with van der Waals surface area (Å²) in [4.78, 5) is 29.7. The molecule has 2 aliphatic heterocycles. The fourth-order valence-corrected chi connectivity index (χ4v) is 4.19. The number of carboxylic acid groups (broad SMARTS) is 1. The Kier molecular flexibility index (Phi) is 5.75. The number of likely N-dealkylation sites (tertiary alicyclic amines) is 1. The van der Waals surface area contributed by atoms with Crippen molar-refractivity contribution < 1.29 is 14.7 Å². The molecule has 6 heteroatoms. The molecule has 31 heavy (non-hydrogen) atoms. The number of anilines is 1. The predicted molar refractivity (Wildman–Crippen MR) is 121 cm³/mol. The lowest BCUT2D eigenvalue weighted by Crippen LogP contribution is -2.49. The summed E-state index contributed by atoms with van der Waals surface area (Å²) >= 11 is 0. The van der Waals surface area contributed by atoms with E-state index in [-0.39, 0.29) is 17.4 Å². The first-order valence-electron chi connectivity index (χ1n) is 10.9. The van der Waals surface area contributed by atoms with Crippen LogP contribution < -0.4 is 4.90 Å². The minimum absolute atomic E-state index is 0.0414. The zero-order chi connectivity index (χ0) is 22.2. The van der Waals surface area contributed by atoms with Gasteiger partial charge in [0, 0.05) is 45.0 Å². The zero-order valence-corrected chi connectivity index (χ0v) is 18.5. The number of rotatable bonds is 6. The molecule has 0 spiro atoms. The maximum atomic E-state index is 12.9. The lowest BCUT2D eigenvalue weighted by molar-refractivity contribution is -0.147. The van der Waals surface area contributed by atoms with Crippen LogP contribution >= 0.6 is 0 Å². The normalized spacial score (nSPS) is 17.8. The van der Waals surface area contributed by atoms with Crippen molar-refractivity contribution in [2.45, 2.75) is 39.3 Å². The van der Waals surface area contributed by atoms with Gasteiger partial charge in [-0.2, -0.15) is 0 Å². The van der Waals surface area contributed by atoms with Gasteiger partial charge in [-0.15, -0.1) is 0 Å². The van der Waals surface area contributed by atoms with E-state index in [1.165, 1.54) is 5.56 Å². The van der Waals surface area contributed by atoms with Gasteiger partial charge in [-0.05, 0) is 34.2 Å². The molecule has 0 bridgehead atoms. The first kappa shape index (κ1) is 21.4. The molecule has 0 saturated carbocycles. The van der Waals surface area contributed by atoms with E-state index in [1.54, 1.807) is 0 Å². The van der Waals surface area contributed by atoms with Gasteiger partial charge in [-0.1, -0.05) is 57.2 Å². The molecule has 4 rings (SSSR count). The van der Waals surface area contributed by atoms with E-state index in [9.17, 15) is 9.59 Å². The van der Waals surface area contributed by atoms with Crippen LogP contribution in [0.3, 0.4) is 0 Å². The van der Waals surface area contributed by atoms with Gasteiger partial charge in [-0.25, -0.2) is 4.79 Å². The van der Waals surface area contributed by atoms with E-state index >= 15 is 0 Å². The Hall–Kier alpha value is -2.86. The summed E-state index contributed by atoms with van der Waals surface area (Å²) in [7, 11) is 0. The van der Waals surface area contributed by atoms with Crippen LogP contribution in [0.4, 0.5) is 10.5 Å². The highest BCUT2D eigenvalue weighted by atomic mass is 16.4. The Morgan fingerprint density at radius 1 is 0.935 bits per heavy atom. The first-order valence-corrected chi connectivity index (χ1v) is 10.9. The number of nitrogens with zero attached hydrogens (tertiary/aromatic N) is 3. The maximum Gasteiger partial charge on any atom is 0.324 e. The summed E-state index contributed by atoms with van der Waals surface area (Å²) in [6.07, 6.45) is 0. The Morgan fingerprint density at radius 2 is 1.52 bits per heavy atom. The van der Waals surface area contributed by atoms with Gasteiger partial charge in [0.05, 0.1) is 5.92 Å².